The number of amides is 1. The van der Waals surface area contributed by atoms with E-state index >= 15 is 0 Å². The van der Waals surface area contributed by atoms with Crippen molar-refractivity contribution in [3.63, 3.8) is 0 Å². The number of halogens is 3. The highest BCUT2D eigenvalue weighted by Crippen LogP contribution is 2.34. The van der Waals surface area contributed by atoms with E-state index in [1.807, 2.05) is 0 Å². The minimum atomic E-state index is -4.59. The van der Waals surface area contributed by atoms with Crippen molar-refractivity contribution in [2.24, 2.45) is 0 Å². The Labute approximate surface area is 148 Å². The molecule has 0 heterocycles. The molecule has 0 saturated carbocycles. The van der Waals surface area contributed by atoms with Gasteiger partial charge in [-0.3, -0.25) is 4.79 Å². The molecule has 140 valence electrons. The van der Waals surface area contributed by atoms with Crippen molar-refractivity contribution in [3.05, 3.63) is 59.7 Å². The molecule has 5 nitrogen and oxygen atoms in total. The molecule has 26 heavy (non-hydrogen) atoms. The number of nitrogens with one attached hydrogen (secondary N) is 1. The number of methoxy groups -OCH3 is 1. The van der Waals surface area contributed by atoms with Gasteiger partial charge in [-0.2, -0.15) is 13.2 Å². The van der Waals surface area contributed by atoms with Crippen LogP contribution in [0, 0.1) is 0 Å². The molecule has 2 N–H and O–H groups in total. The fourth-order valence-electron chi connectivity index (χ4n) is 2.30. The van der Waals surface area contributed by atoms with Crippen LogP contribution in [0.4, 0.5) is 13.2 Å². The number of hydrogen-bond donors (Lipinski definition) is 2. The van der Waals surface area contributed by atoms with Gasteiger partial charge in [0.15, 0.2) is 18.1 Å². The van der Waals surface area contributed by atoms with Crippen LogP contribution in [0.5, 0.6) is 11.5 Å². The Kier molecular flexibility index (Phi) is 6.46. The molecule has 0 aliphatic rings. The van der Waals surface area contributed by atoms with Crippen molar-refractivity contribution in [1.29, 1.82) is 0 Å². The highest BCUT2D eigenvalue weighted by Gasteiger charge is 2.34. The van der Waals surface area contributed by atoms with Crippen LogP contribution in [0.1, 0.15) is 17.2 Å². The highest BCUT2D eigenvalue weighted by molar-refractivity contribution is 5.77. The number of rotatable bonds is 7. The van der Waals surface area contributed by atoms with Crippen LogP contribution in [0.2, 0.25) is 0 Å². The maximum absolute atomic E-state index is 13.0. The molecule has 2 aromatic rings. The van der Waals surface area contributed by atoms with Crippen molar-refractivity contribution in [2.75, 3.05) is 20.3 Å². The molecular weight excluding hydrogens is 351 g/mol. The lowest BCUT2D eigenvalue weighted by atomic mass is 10.0. The third-order valence-electron chi connectivity index (χ3n) is 3.55. The molecule has 1 amide bonds. The summed E-state index contributed by atoms with van der Waals surface area (Å²) in [7, 11) is 1.46. The van der Waals surface area contributed by atoms with Crippen molar-refractivity contribution in [3.8, 4) is 11.5 Å². The Bertz CT molecular complexity index is 749. The number of aliphatic hydroxyl groups excluding tert-OH is 1. The molecule has 2 aromatic carbocycles. The number of carbonyl (C=O) groups is 1. The summed E-state index contributed by atoms with van der Waals surface area (Å²) in [5.41, 5.74) is -1.24. The molecule has 1 atom stereocenters. The molecule has 0 saturated heterocycles. The summed E-state index contributed by atoms with van der Waals surface area (Å²) < 4.78 is 49.3. The largest absolute Gasteiger partial charge is 0.493 e. The summed E-state index contributed by atoms with van der Waals surface area (Å²) >= 11 is 0. The molecule has 0 unspecified atom stereocenters. The standard InChI is InChI=1S/C18H18F3NO4/c1-25-15-8-4-5-9-16(15)26-11-17(24)22-10-14(23)12-6-2-3-7-13(12)18(19,20)21/h2-9,14,23H,10-11H2,1H3,(H,22,24)/t14-/m0/s1. The predicted molar refractivity (Wildman–Crippen MR) is 87.9 cm³/mol. The minimum absolute atomic E-state index is 0.300. The monoisotopic (exact) mass is 369 g/mol. The van der Waals surface area contributed by atoms with Crippen LogP contribution >= 0.6 is 0 Å². The topological polar surface area (TPSA) is 67.8 Å². The molecule has 0 spiro atoms. The molecule has 0 fully saturated rings. The van der Waals surface area contributed by atoms with E-state index in [0.717, 1.165) is 6.07 Å². The molecule has 2 rings (SSSR count). The zero-order valence-corrected chi connectivity index (χ0v) is 13.9. The second-order valence-electron chi connectivity index (χ2n) is 5.34. The second-order valence-corrected chi connectivity index (χ2v) is 5.34. The van der Waals surface area contributed by atoms with Gasteiger partial charge in [-0.15, -0.1) is 0 Å². The summed E-state index contributed by atoms with van der Waals surface area (Å²) in [6.07, 6.45) is -6.09. The van der Waals surface area contributed by atoms with Crippen molar-refractivity contribution in [1.82, 2.24) is 5.32 Å². The third kappa shape index (κ3) is 5.13. The fraction of sp³-hybridized carbons (Fsp3) is 0.278. The average molecular weight is 369 g/mol. The summed E-state index contributed by atoms with van der Waals surface area (Å²) in [4.78, 5) is 11.8. The number of para-hydroxylation sites is 2. The Morgan fingerprint density at radius 3 is 2.38 bits per heavy atom. The van der Waals surface area contributed by atoms with Gasteiger partial charge in [0.05, 0.1) is 18.8 Å². The van der Waals surface area contributed by atoms with Crippen molar-refractivity contribution >= 4 is 5.91 Å². The van der Waals surface area contributed by atoms with E-state index in [1.165, 1.54) is 25.3 Å². The number of benzene rings is 2. The first-order valence-corrected chi connectivity index (χ1v) is 7.69. The highest BCUT2D eigenvalue weighted by atomic mass is 19.4. The summed E-state index contributed by atoms with van der Waals surface area (Å²) in [6.45, 7) is -0.741. The second kappa shape index (κ2) is 8.57. The average Bonchev–Trinajstić information content (AvgIpc) is 2.63. The van der Waals surface area contributed by atoms with Crippen molar-refractivity contribution in [2.45, 2.75) is 12.3 Å². The van der Waals surface area contributed by atoms with E-state index in [9.17, 15) is 23.1 Å². The van der Waals surface area contributed by atoms with Gasteiger partial charge >= 0.3 is 6.18 Å². The van der Waals surface area contributed by atoms with Gasteiger partial charge in [-0.05, 0) is 23.8 Å². The van der Waals surface area contributed by atoms with E-state index < -0.39 is 23.8 Å². The van der Waals surface area contributed by atoms with E-state index in [0.29, 0.717) is 11.5 Å². The van der Waals surface area contributed by atoms with Crippen LogP contribution in [0.15, 0.2) is 48.5 Å². The number of aliphatic hydroxyl groups is 1. The molecule has 0 aliphatic heterocycles. The van der Waals surface area contributed by atoms with Gasteiger partial charge < -0.3 is 19.9 Å². The SMILES string of the molecule is COc1ccccc1OCC(=O)NC[C@H](O)c1ccccc1C(F)(F)F. The van der Waals surface area contributed by atoms with Crippen LogP contribution in [-0.4, -0.2) is 31.3 Å². The maximum atomic E-state index is 13.0. The van der Waals surface area contributed by atoms with Crippen LogP contribution in [0.3, 0.4) is 0 Å². The molecule has 8 heteroatoms. The van der Waals surface area contributed by atoms with Gasteiger partial charge in [0.2, 0.25) is 0 Å². The Morgan fingerprint density at radius 2 is 1.73 bits per heavy atom. The quantitative estimate of drug-likeness (QED) is 0.788. The molecule has 0 aliphatic carbocycles. The van der Waals surface area contributed by atoms with Gasteiger partial charge in [-0.25, -0.2) is 0 Å². The Balaban J connectivity index is 1.92. The Morgan fingerprint density at radius 1 is 1.12 bits per heavy atom. The summed E-state index contributed by atoms with van der Waals surface area (Å²) in [5, 5.41) is 12.4. The van der Waals surface area contributed by atoms with Crippen LogP contribution < -0.4 is 14.8 Å². The number of carbonyl (C=O) groups excluding carboxylic acids is 1. The summed E-state index contributed by atoms with van der Waals surface area (Å²) in [5.74, 6) is 0.215. The number of alkyl halides is 3. The molecule has 0 bridgehead atoms. The van der Waals surface area contributed by atoms with Gasteiger partial charge in [0, 0.05) is 6.54 Å². The smallest absolute Gasteiger partial charge is 0.416 e. The third-order valence-corrected chi connectivity index (χ3v) is 3.55. The maximum Gasteiger partial charge on any atom is 0.416 e. The van der Waals surface area contributed by atoms with E-state index in [-0.39, 0.29) is 18.7 Å². The first kappa shape index (κ1) is 19.6. The number of hydrogen-bond acceptors (Lipinski definition) is 4. The number of ether oxygens (including phenoxy) is 2. The minimum Gasteiger partial charge on any atom is -0.493 e. The molecule has 0 aromatic heterocycles. The van der Waals surface area contributed by atoms with Gasteiger partial charge in [0.1, 0.15) is 0 Å². The molecule has 0 radical (unpaired) electrons. The molecular formula is C18H18F3NO4. The fourth-order valence-corrected chi connectivity index (χ4v) is 2.30. The first-order valence-electron chi connectivity index (χ1n) is 7.69. The normalized spacial score (nSPS) is 12.3. The lowest BCUT2D eigenvalue weighted by Crippen LogP contribution is -2.33. The van der Waals surface area contributed by atoms with E-state index in [4.69, 9.17) is 9.47 Å². The van der Waals surface area contributed by atoms with Crippen LogP contribution in [-0.2, 0) is 11.0 Å². The lowest BCUT2D eigenvalue weighted by Gasteiger charge is -2.18. The van der Waals surface area contributed by atoms with Gasteiger partial charge in [-0.1, -0.05) is 30.3 Å². The predicted octanol–water partition coefficient (Wildman–Crippen LogP) is 2.94. The summed E-state index contributed by atoms with van der Waals surface area (Å²) in [6, 6.07) is 11.4. The van der Waals surface area contributed by atoms with E-state index in [1.54, 1.807) is 24.3 Å². The first-order chi connectivity index (χ1) is 12.3. The van der Waals surface area contributed by atoms with Crippen molar-refractivity contribution < 1.29 is 32.5 Å². The lowest BCUT2D eigenvalue weighted by molar-refractivity contribution is -0.139. The van der Waals surface area contributed by atoms with E-state index in [2.05, 4.69) is 5.32 Å². The van der Waals surface area contributed by atoms with Crippen LogP contribution in [0.25, 0.3) is 0 Å². The zero-order valence-electron chi connectivity index (χ0n) is 13.9. The Hall–Kier alpha value is -2.74. The van der Waals surface area contributed by atoms with Gasteiger partial charge in [0.25, 0.3) is 5.91 Å². The zero-order chi connectivity index (χ0) is 19.2.